The monoisotopic (exact) mass is 286 g/mol. The number of hydrogen-bond donors (Lipinski definition) is 2. The summed E-state index contributed by atoms with van der Waals surface area (Å²) >= 11 is 0. The van der Waals surface area contributed by atoms with Gasteiger partial charge in [0.2, 0.25) is 11.8 Å². The van der Waals surface area contributed by atoms with Crippen LogP contribution < -0.4 is 10.6 Å². The summed E-state index contributed by atoms with van der Waals surface area (Å²) in [4.78, 5) is 23.8. The minimum Gasteiger partial charge on any atom is -0.352 e. The van der Waals surface area contributed by atoms with Crippen LogP contribution in [0.15, 0.2) is 36.9 Å². The molecule has 0 bridgehead atoms. The lowest BCUT2D eigenvalue weighted by Crippen LogP contribution is -2.27. The molecule has 2 amide bonds. The predicted molar refractivity (Wildman–Crippen MR) is 84.0 cm³/mol. The average Bonchev–Trinajstić information content (AvgIpc) is 3.26. The van der Waals surface area contributed by atoms with Gasteiger partial charge in [0.15, 0.2) is 0 Å². The minimum atomic E-state index is -0.209. The second-order valence-electron chi connectivity index (χ2n) is 5.75. The van der Waals surface area contributed by atoms with Crippen LogP contribution in [0.4, 0.5) is 5.69 Å². The molecule has 1 fully saturated rings. The van der Waals surface area contributed by atoms with Crippen LogP contribution in [0.1, 0.15) is 31.7 Å². The highest BCUT2D eigenvalue weighted by Gasteiger charge is 2.47. The highest BCUT2D eigenvalue weighted by atomic mass is 16.2. The Morgan fingerprint density at radius 1 is 1.24 bits per heavy atom. The van der Waals surface area contributed by atoms with Crippen molar-refractivity contribution in [3.63, 3.8) is 0 Å². The first kappa shape index (κ1) is 15.3. The normalized spacial score (nSPS) is 20.0. The summed E-state index contributed by atoms with van der Waals surface area (Å²) < 4.78 is 0. The third-order valence-electron chi connectivity index (χ3n) is 3.73. The standard InChI is InChI=1S/C17H22N2O2/c1-4-9-18-16(20)14-10-15(14)17(21)19-13-7-5-12(6-8-13)11(2)3/h4-8,11,14-15H,1,9-10H2,2-3H3,(H,18,20)(H,19,21). The van der Waals surface area contributed by atoms with Crippen molar-refractivity contribution in [2.24, 2.45) is 11.8 Å². The molecule has 4 nitrogen and oxygen atoms in total. The van der Waals surface area contributed by atoms with Crippen LogP contribution in [-0.4, -0.2) is 18.4 Å². The zero-order chi connectivity index (χ0) is 15.4. The lowest BCUT2D eigenvalue weighted by Gasteiger charge is -2.08. The minimum absolute atomic E-state index is 0.0646. The molecule has 0 aromatic heterocycles. The Hall–Kier alpha value is -2.10. The first-order valence-corrected chi connectivity index (χ1v) is 7.32. The molecule has 1 aromatic rings. The van der Waals surface area contributed by atoms with Crippen LogP contribution in [0.2, 0.25) is 0 Å². The molecular formula is C17H22N2O2. The van der Waals surface area contributed by atoms with Gasteiger partial charge in [0, 0.05) is 12.2 Å². The molecule has 0 spiro atoms. The van der Waals surface area contributed by atoms with E-state index in [1.165, 1.54) is 5.56 Å². The maximum atomic E-state index is 12.1. The lowest BCUT2D eigenvalue weighted by atomic mass is 10.0. The van der Waals surface area contributed by atoms with Crippen molar-refractivity contribution < 1.29 is 9.59 Å². The highest BCUT2D eigenvalue weighted by molar-refractivity contribution is 5.99. The Morgan fingerprint density at radius 3 is 2.43 bits per heavy atom. The topological polar surface area (TPSA) is 58.2 Å². The quantitative estimate of drug-likeness (QED) is 0.790. The van der Waals surface area contributed by atoms with Crippen LogP contribution in [0.5, 0.6) is 0 Å². The number of carbonyl (C=O) groups excluding carboxylic acids is 2. The number of carbonyl (C=O) groups is 2. The van der Waals surface area contributed by atoms with E-state index in [0.29, 0.717) is 18.9 Å². The molecule has 2 unspecified atom stereocenters. The molecule has 0 radical (unpaired) electrons. The summed E-state index contributed by atoms with van der Waals surface area (Å²) in [5.74, 6) is -0.0770. The fourth-order valence-electron chi connectivity index (χ4n) is 2.26. The van der Waals surface area contributed by atoms with E-state index in [1.54, 1.807) is 6.08 Å². The molecular weight excluding hydrogens is 264 g/mol. The maximum absolute atomic E-state index is 12.1. The molecule has 1 aliphatic rings. The summed E-state index contributed by atoms with van der Waals surface area (Å²) in [5, 5.41) is 5.60. The number of amides is 2. The van der Waals surface area contributed by atoms with E-state index in [4.69, 9.17) is 0 Å². The Morgan fingerprint density at radius 2 is 1.86 bits per heavy atom. The average molecular weight is 286 g/mol. The third kappa shape index (κ3) is 3.94. The zero-order valence-electron chi connectivity index (χ0n) is 12.6. The van der Waals surface area contributed by atoms with Gasteiger partial charge in [-0.2, -0.15) is 0 Å². The summed E-state index contributed by atoms with van der Waals surface area (Å²) in [7, 11) is 0. The van der Waals surface area contributed by atoms with Crippen LogP contribution in [0, 0.1) is 11.8 Å². The first-order chi connectivity index (χ1) is 10.0. The largest absolute Gasteiger partial charge is 0.352 e. The van der Waals surface area contributed by atoms with Crippen LogP contribution in [-0.2, 0) is 9.59 Å². The van der Waals surface area contributed by atoms with Gasteiger partial charge in [0.1, 0.15) is 0 Å². The van der Waals surface area contributed by atoms with E-state index < -0.39 is 0 Å². The van der Waals surface area contributed by atoms with Crippen molar-refractivity contribution in [3.05, 3.63) is 42.5 Å². The number of benzene rings is 1. The first-order valence-electron chi connectivity index (χ1n) is 7.32. The maximum Gasteiger partial charge on any atom is 0.228 e. The molecule has 0 aliphatic heterocycles. The lowest BCUT2D eigenvalue weighted by molar-refractivity contribution is -0.125. The SMILES string of the molecule is C=CCNC(=O)C1CC1C(=O)Nc1ccc(C(C)C)cc1. The molecule has 2 N–H and O–H groups in total. The van der Waals surface area contributed by atoms with Gasteiger partial charge in [0.25, 0.3) is 0 Å². The Bertz CT molecular complexity index is 534. The molecule has 1 aliphatic carbocycles. The molecule has 2 rings (SSSR count). The van der Waals surface area contributed by atoms with E-state index >= 15 is 0 Å². The van der Waals surface area contributed by atoms with Crippen LogP contribution >= 0.6 is 0 Å². The molecule has 1 aromatic carbocycles. The molecule has 4 heteroatoms. The van der Waals surface area contributed by atoms with Crippen molar-refractivity contribution >= 4 is 17.5 Å². The van der Waals surface area contributed by atoms with Gasteiger partial charge in [-0.3, -0.25) is 9.59 Å². The molecule has 2 atom stereocenters. The molecule has 0 heterocycles. The number of hydrogen-bond acceptors (Lipinski definition) is 2. The summed E-state index contributed by atoms with van der Waals surface area (Å²) in [6.07, 6.45) is 2.25. The van der Waals surface area contributed by atoms with Crippen molar-refractivity contribution in [2.75, 3.05) is 11.9 Å². The highest BCUT2D eigenvalue weighted by Crippen LogP contribution is 2.39. The molecule has 112 valence electrons. The Labute approximate surface area is 125 Å². The van der Waals surface area contributed by atoms with Gasteiger partial charge in [-0.25, -0.2) is 0 Å². The van der Waals surface area contributed by atoms with Gasteiger partial charge in [-0.15, -0.1) is 6.58 Å². The van der Waals surface area contributed by atoms with Gasteiger partial charge in [-0.1, -0.05) is 32.1 Å². The summed E-state index contributed by atoms with van der Waals surface area (Å²) in [6, 6.07) is 7.84. The van der Waals surface area contributed by atoms with Gasteiger partial charge in [0.05, 0.1) is 11.8 Å². The van der Waals surface area contributed by atoms with E-state index in [1.807, 2.05) is 24.3 Å². The zero-order valence-corrected chi connectivity index (χ0v) is 12.6. The Kier molecular flexibility index (Phi) is 4.78. The third-order valence-corrected chi connectivity index (χ3v) is 3.73. The van der Waals surface area contributed by atoms with Crippen molar-refractivity contribution in [1.82, 2.24) is 5.32 Å². The van der Waals surface area contributed by atoms with E-state index in [2.05, 4.69) is 31.1 Å². The molecule has 21 heavy (non-hydrogen) atoms. The molecule has 1 saturated carbocycles. The number of nitrogens with one attached hydrogen (secondary N) is 2. The van der Waals surface area contributed by atoms with Crippen LogP contribution in [0.3, 0.4) is 0 Å². The van der Waals surface area contributed by atoms with E-state index in [-0.39, 0.29) is 23.7 Å². The van der Waals surface area contributed by atoms with E-state index in [9.17, 15) is 9.59 Å². The van der Waals surface area contributed by atoms with Gasteiger partial charge < -0.3 is 10.6 Å². The fourth-order valence-corrected chi connectivity index (χ4v) is 2.26. The second-order valence-corrected chi connectivity index (χ2v) is 5.75. The van der Waals surface area contributed by atoms with Crippen molar-refractivity contribution in [3.8, 4) is 0 Å². The fraction of sp³-hybridized carbons (Fsp3) is 0.412. The Balaban J connectivity index is 1.85. The predicted octanol–water partition coefficient (Wildman–Crippen LogP) is 2.69. The summed E-state index contributed by atoms with van der Waals surface area (Å²) in [5.41, 5.74) is 2.02. The van der Waals surface area contributed by atoms with Crippen molar-refractivity contribution in [2.45, 2.75) is 26.2 Å². The summed E-state index contributed by atoms with van der Waals surface area (Å²) in [6.45, 7) is 8.25. The van der Waals surface area contributed by atoms with Crippen LogP contribution in [0.25, 0.3) is 0 Å². The smallest absolute Gasteiger partial charge is 0.228 e. The second kappa shape index (κ2) is 6.57. The van der Waals surface area contributed by atoms with Gasteiger partial charge >= 0.3 is 0 Å². The van der Waals surface area contributed by atoms with Crippen molar-refractivity contribution in [1.29, 1.82) is 0 Å². The number of anilines is 1. The van der Waals surface area contributed by atoms with Gasteiger partial charge in [-0.05, 0) is 30.0 Å². The number of rotatable bonds is 6. The molecule has 0 saturated heterocycles. The van der Waals surface area contributed by atoms with E-state index in [0.717, 1.165) is 5.69 Å².